The first-order valence-electron chi connectivity index (χ1n) is 11.1. The molecule has 0 spiro atoms. The summed E-state index contributed by atoms with van der Waals surface area (Å²) in [4.78, 5) is 12.0. The Morgan fingerprint density at radius 1 is 1.27 bits per heavy atom. The molecule has 0 aliphatic heterocycles. The molecule has 0 aromatic heterocycles. The average molecular weight is 352 g/mol. The van der Waals surface area contributed by atoms with E-state index in [1.807, 2.05) is 6.08 Å². The average Bonchev–Trinajstić information content (AvgIpc) is 3.38. The van der Waals surface area contributed by atoms with Gasteiger partial charge in [0.05, 0.1) is 11.5 Å². The first-order chi connectivity index (χ1) is 12.5. The van der Waals surface area contributed by atoms with Gasteiger partial charge in [-0.15, -0.1) is 0 Å². The van der Waals surface area contributed by atoms with Crippen LogP contribution in [0.25, 0.3) is 0 Å². The van der Waals surface area contributed by atoms with Crippen molar-refractivity contribution in [3.05, 3.63) is 11.6 Å². The molecule has 0 saturated heterocycles. The largest absolute Gasteiger partial charge is 0.295 e. The van der Waals surface area contributed by atoms with E-state index in [0.717, 1.165) is 55.3 Å². The minimum atomic E-state index is -0.0652. The fourth-order valence-electron chi connectivity index (χ4n) is 8.89. The Bertz CT molecular complexity index is 716. The molecule has 0 N–H and O–H groups in total. The van der Waals surface area contributed by atoms with Gasteiger partial charge in [0.1, 0.15) is 0 Å². The van der Waals surface area contributed by atoms with E-state index in [4.69, 9.17) is 0 Å². The zero-order valence-electron chi connectivity index (χ0n) is 16.6. The van der Waals surface area contributed by atoms with Gasteiger partial charge in [0.25, 0.3) is 0 Å². The molecule has 0 radical (unpaired) electrons. The van der Waals surface area contributed by atoms with Gasteiger partial charge in [-0.1, -0.05) is 32.8 Å². The number of hydrogen-bond acceptors (Lipinski definition) is 2. The van der Waals surface area contributed by atoms with Crippen molar-refractivity contribution < 1.29 is 4.79 Å². The van der Waals surface area contributed by atoms with E-state index in [9.17, 15) is 10.1 Å². The van der Waals surface area contributed by atoms with Gasteiger partial charge < -0.3 is 0 Å². The fourth-order valence-corrected chi connectivity index (χ4v) is 8.89. The first-order valence-corrected chi connectivity index (χ1v) is 11.1. The Balaban J connectivity index is 1.57. The van der Waals surface area contributed by atoms with Crippen molar-refractivity contribution in [1.29, 1.82) is 5.26 Å². The summed E-state index contributed by atoms with van der Waals surface area (Å²) in [5.74, 6) is 5.58. The summed E-state index contributed by atoms with van der Waals surface area (Å²) in [5, 5.41) is 10.3. The Morgan fingerprint density at radius 2 is 2.08 bits per heavy atom. The van der Waals surface area contributed by atoms with Crippen LogP contribution in [0, 0.1) is 63.6 Å². The molecule has 0 aromatic rings. The summed E-state index contributed by atoms with van der Waals surface area (Å²) in [6, 6.07) is 2.89. The Morgan fingerprint density at radius 3 is 2.77 bits per heavy atom. The Hall–Kier alpha value is -1.10. The van der Waals surface area contributed by atoms with Crippen molar-refractivity contribution in [3.8, 4) is 6.07 Å². The minimum Gasteiger partial charge on any atom is -0.295 e. The number of ketones is 1. The molecule has 2 heteroatoms. The second-order valence-electron chi connectivity index (χ2n) is 10.4. The van der Waals surface area contributed by atoms with E-state index >= 15 is 0 Å². The van der Waals surface area contributed by atoms with Crippen LogP contribution >= 0.6 is 0 Å². The van der Waals surface area contributed by atoms with Gasteiger partial charge in [-0.05, 0) is 91.4 Å². The van der Waals surface area contributed by atoms with Crippen molar-refractivity contribution in [2.24, 2.45) is 52.3 Å². The highest BCUT2D eigenvalue weighted by atomic mass is 16.1. The monoisotopic (exact) mass is 351 g/mol. The molecule has 5 rings (SSSR count). The predicted octanol–water partition coefficient (Wildman–Crippen LogP) is 5.54. The standard InChI is InChI=1S/C24H33NO/c1-4-14-10-15-11-16(26)6-7-17(15)18-8-9-23(3)22(21(14)18)19-12-20(19)24(23,5-2)13-25/h11,14,17-22H,4-10,12H2,1-3H3/t14-,17+,18-,19-,20+,21-,22+,23+,24+/m1/s1. The number of rotatable bonds is 2. The third-order valence-electron chi connectivity index (χ3n) is 9.96. The van der Waals surface area contributed by atoms with Crippen LogP contribution in [-0.2, 0) is 4.79 Å². The number of nitriles is 1. The van der Waals surface area contributed by atoms with Crippen molar-refractivity contribution in [1.82, 2.24) is 0 Å². The number of carbonyl (C=O) groups is 1. The second-order valence-corrected chi connectivity index (χ2v) is 10.4. The van der Waals surface area contributed by atoms with Crippen LogP contribution in [0.3, 0.4) is 0 Å². The number of carbonyl (C=O) groups excluding carboxylic acids is 1. The Kier molecular flexibility index (Phi) is 3.58. The predicted molar refractivity (Wildman–Crippen MR) is 102 cm³/mol. The summed E-state index contributed by atoms with van der Waals surface area (Å²) in [7, 11) is 0. The number of allylic oxidation sites excluding steroid dienone is 1. The van der Waals surface area contributed by atoms with Crippen LogP contribution in [0.2, 0.25) is 0 Å². The maximum Gasteiger partial charge on any atom is 0.155 e. The van der Waals surface area contributed by atoms with Crippen molar-refractivity contribution in [2.45, 2.75) is 72.1 Å². The molecule has 0 unspecified atom stereocenters. The van der Waals surface area contributed by atoms with Crippen LogP contribution in [0.15, 0.2) is 11.6 Å². The summed E-state index contributed by atoms with van der Waals surface area (Å²) in [5.41, 5.74) is 1.65. The van der Waals surface area contributed by atoms with Gasteiger partial charge in [-0.3, -0.25) is 4.79 Å². The van der Waals surface area contributed by atoms with Gasteiger partial charge >= 0.3 is 0 Å². The Labute approximate surface area is 158 Å². The van der Waals surface area contributed by atoms with Gasteiger partial charge in [0, 0.05) is 6.42 Å². The maximum absolute atomic E-state index is 12.0. The number of hydrogen-bond donors (Lipinski definition) is 0. The molecule has 0 aromatic carbocycles. The topological polar surface area (TPSA) is 40.9 Å². The van der Waals surface area contributed by atoms with Crippen LogP contribution in [-0.4, -0.2) is 5.78 Å². The first kappa shape index (κ1) is 17.0. The lowest BCUT2D eigenvalue weighted by molar-refractivity contribution is -0.117. The fraction of sp³-hybridized carbons (Fsp3) is 0.833. The van der Waals surface area contributed by atoms with Crippen LogP contribution < -0.4 is 0 Å². The van der Waals surface area contributed by atoms with Crippen LogP contribution in [0.4, 0.5) is 0 Å². The summed E-state index contributed by atoms with van der Waals surface area (Å²) in [6.07, 6.45) is 11.1. The molecule has 5 aliphatic rings. The van der Waals surface area contributed by atoms with Gasteiger partial charge in [-0.25, -0.2) is 0 Å². The zero-order valence-corrected chi connectivity index (χ0v) is 16.6. The van der Waals surface area contributed by atoms with E-state index in [1.54, 1.807) is 0 Å². The highest BCUT2D eigenvalue weighted by Crippen LogP contribution is 2.80. The molecule has 9 atom stereocenters. The molecule has 4 fully saturated rings. The smallest absolute Gasteiger partial charge is 0.155 e. The molecule has 0 heterocycles. The lowest BCUT2D eigenvalue weighted by Crippen LogP contribution is -2.53. The maximum atomic E-state index is 12.0. The number of fused-ring (bicyclic) bond motifs is 7. The quantitative estimate of drug-likeness (QED) is 0.655. The molecule has 140 valence electrons. The molecule has 2 nitrogen and oxygen atoms in total. The highest BCUT2D eigenvalue weighted by Gasteiger charge is 2.76. The van der Waals surface area contributed by atoms with Crippen LogP contribution in [0.1, 0.15) is 72.1 Å². The van der Waals surface area contributed by atoms with E-state index < -0.39 is 0 Å². The van der Waals surface area contributed by atoms with Gasteiger partial charge in [0.2, 0.25) is 0 Å². The lowest BCUT2D eigenvalue weighted by atomic mass is 9.44. The molecule has 26 heavy (non-hydrogen) atoms. The number of nitrogens with zero attached hydrogens (tertiary/aromatic N) is 1. The summed E-state index contributed by atoms with van der Waals surface area (Å²) in [6.45, 7) is 7.12. The molecule has 4 saturated carbocycles. The molecular weight excluding hydrogens is 318 g/mol. The SMILES string of the molecule is CC[C@@H]1CC2=CC(=O)CC[C@@H]2[C@H]2CC[C@@]3(C)[C@@H]([C@@H]4C[C@@H]4[C@@]3(C#N)CC)[C@H]12. The summed E-state index contributed by atoms with van der Waals surface area (Å²) >= 11 is 0. The second kappa shape index (κ2) is 5.46. The van der Waals surface area contributed by atoms with E-state index in [1.165, 1.54) is 31.3 Å². The van der Waals surface area contributed by atoms with Gasteiger partial charge in [0.15, 0.2) is 5.78 Å². The molecular formula is C24H33NO. The third-order valence-corrected chi connectivity index (χ3v) is 9.96. The van der Waals surface area contributed by atoms with Crippen molar-refractivity contribution in [2.75, 3.05) is 0 Å². The van der Waals surface area contributed by atoms with E-state index in [0.29, 0.717) is 17.6 Å². The van der Waals surface area contributed by atoms with E-state index in [2.05, 4.69) is 26.8 Å². The van der Waals surface area contributed by atoms with Crippen molar-refractivity contribution in [3.63, 3.8) is 0 Å². The summed E-state index contributed by atoms with van der Waals surface area (Å²) < 4.78 is 0. The highest BCUT2D eigenvalue weighted by molar-refractivity contribution is 5.91. The van der Waals surface area contributed by atoms with Crippen molar-refractivity contribution >= 4 is 5.78 Å². The molecule has 0 amide bonds. The molecule has 0 bridgehead atoms. The minimum absolute atomic E-state index is 0.0652. The van der Waals surface area contributed by atoms with Crippen LogP contribution in [0.5, 0.6) is 0 Å². The normalized spacial score (nSPS) is 54.3. The van der Waals surface area contributed by atoms with E-state index in [-0.39, 0.29) is 10.8 Å². The molecule has 5 aliphatic carbocycles. The lowest BCUT2D eigenvalue weighted by Gasteiger charge is -2.59. The zero-order chi connectivity index (χ0) is 18.3. The third kappa shape index (κ3) is 1.86. The van der Waals surface area contributed by atoms with Gasteiger partial charge in [-0.2, -0.15) is 5.26 Å².